The van der Waals surface area contributed by atoms with E-state index in [4.69, 9.17) is 0 Å². The minimum atomic E-state index is -0.0218. The van der Waals surface area contributed by atoms with Crippen LogP contribution < -0.4 is 0 Å². The Kier molecular flexibility index (Phi) is 3.43. The number of aryl methyl sites for hydroxylation is 1. The molecule has 5 heteroatoms. The van der Waals surface area contributed by atoms with Gasteiger partial charge in [0.2, 0.25) is 0 Å². The fourth-order valence-electron chi connectivity index (χ4n) is 2.48. The van der Waals surface area contributed by atoms with Gasteiger partial charge < -0.3 is 9.67 Å². The number of hydrogen-bond donors (Lipinski definition) is 1. The van der Waals surface area contributed by atoms with Crippen molar-refractivity contribution in [3.63, 3.8) is 0 Å². The lowest BCUT2D eigenvalue weighted by atomic mass is 10.0. The highest BCUT2D eigenvalue weighted by Gasteiger charge is 2.15. The molecular weight excluding hydrogens is 264 g/mol. The Hall–Kier alpha value is -2.27. The molecule has 0 aliphatic rings. The van der Waals surface area contributed by atoms with Gasteiger partial charge >= 0.3 is 0 Å². The first-order valence-electron chi connectivity index (χ1n) is 7.00. The maximum Gasteiger partial charge on any atom is 0.164 e. The van der Waals surface area contributed by atoms with Crippen LogP contribution in [0.5, 0.6) is 0 Å². The van der Waals surface area contributed by atoms with Crippen molar-refractivity contribution in [3.05, 3.63) is 42.0 Å². The molecule has 0 unspecified atom stereocenters. The summed E-state index contributed by atoms with van der Waals surface area (Å²) in [5, 5.41) is 9.57. The predicted octanol–water partition coefficient (Wildman–Crippen LogP) is 2.87. The van der Waals surface area contributed by atoms with Crippen molar-refractivity contribution in [2.45, 2.75) is 33.4 Å². The third-order valence-electron chi connectivity index (χ3n) is 3.61. The van der Waals surface area contributed by atoms with Crippen molar-refractivity contribution in [2.75, 3.05) is 0 Å². The first kappa shape index (κ1) is 13.7. The number of aromatic nitrogens is 4. The van der Waals surface area contributed by atoms with Gasteiger partial charge in [-0.3, -0.25) is 0 Å². The fourth-order valence-corrected chi connectivity index (χ4v) is 2.48. The largest absolute Gasteiger partial charge is 0.392 e. The molecule has 0 saturated heterocycles. The molecule has 3 rings (SSSR count). The molecule has 0 amide bonds. The molecule has 5 nitrogen and oxygen atoms in total. The Morgan fingerprint density at radius 2 is 2.00 bits per heavy atom. The summed E-state index contributed by atoms with van der Waals surface area (Å²) in [5.41, 5.74) is 5.25. The van der Waals surface area contributed by atoms with Crippen LogP contribution in [0.1, 0.15) is 31.0 Å². The van der Waals surface area contributed by atoms with Gasteiger partial charge in [0, 0.05) is 11.6 Å². The first-order valence-corrected chi connectivity index (χ1v) is 7.00. The van der Waals surface area contributed by atoms with Crippen molar-refractivity contribution < 1.29 is 5.11 Å². The quantitative estimate of drug-likeness (QED) is 0.802. The van der Waals surface area contributed by atoms with Crippen LogP contribution in [0.2, 0.25) is 0 Å². The van der Waals surface area contributed by atoms with E-state index in [2.05, 4.69) is 28.8 Å². The minimum absolute atomic E-state index is 0.0218. The third-order valence-corrected chi connectivity index (χ3v) is 3.61. The average Bonchev–Trinajstić information content (AvgIpc) is 2.91. The van der Waals surface area contributed by atoms with Crippen molar-refractivity contribution >= 4 is 11.2 Å². The van der Waals surface area contributed by atoms with E-state index >= 15 is 0 Å². The summed E-state index contributed by atoms with van der Waals surface area (Å²) in [6.07, 6.45) is 3.35. The maximum atomic E-state index is 9.57. The minimum Gasteiger partial charge on any atom is -0.392 e. The van der Waals surface area contributed by atoms with E-state index in [1.807, 2.05) is 29.7 Å². The molecule has 0 saturated carbocycles. The maximum absolute atomic E-state index is 9.57. The van der Waals surface area contributed by atoms with Gasteiger partial charge in [0.1, 0.15) is 17.5 Å². The Balaban J connectivity index is 2.29. The van der Waals surface area contributed by atoms with E-state index < -0.39 is 0 Å². The van der Waals surface area contributed by atoms with Gasteiger partial charge in [0.15, 0.2) is 5.65 Å². The second-order valence-electron chi connectivity index (χ2n) is 5.46. The van der Waals surface area contributed by atoms with Gasteiger partial charge in [-0.2, -0.15) is 0 Å². The van der Waals surface area contributed by atoms with Crippen LogP contribution in [0, 0.1) is 6.92 Å². The van der Waals surface area contributed by atoms with Crippen LogP contribution in [0.4, 0.5) is 0 Å². The second kappa shape index (κ2) is 5.26. The number of rotatable bonds is 3. The Morgan fingerprint density at radius 1 is 1.19 bits per heavy atom. The molecular formula is C16H18N4O. The van der Waals surface area contributed by atoms with Gasteiger partial charge in [0.25, 0.3) is 0 Å². The number of hydrogen-bond acceptors (Lipinski definition) is 4. The van der Waals surface area contributed by atoms with Crippen molar-refractivity contribution in [2.24, 2.45) is 0 Å². The smallest absolute Gasteiger partial charge is 0.164 e. The van der Waals surface area contributed by atoms with Gasteiger partial charge in [-0.05, 0) is 32.4 Å². The van der Waals surface area contributed by atoms with Crippen LogP contribution in [0.15, 0.2) is 30.9 Å². The van der Waals surface area contributed by atoms with E-state index in [1.165, 1.54) is 0 Å². The molecule has 21 heavy (non-hydrogen) atoms. The zero-order chi connectivity index (χ0) is 15.0. The van der Waals surface area contributed by atoms with Crippen LogP contribution >= 0.6 is 0 Å². The molecule has 0 aliphatic heterocycles. The van der Waals surface area contributed by atoms with Crippen LogP contribution in [0.25, 0.3) is 22.4 Å². The summed E-state index contributed by atoms with van der Waals surface area (Å²) in [6, 6.07) is 6.23. The Morgan fingerprint density at radius 3 is 2.71 bits per heavy atom. The molecule has 0 bridgehead atoms. The monoisotopic (exact) mass is 282 g/mol. The molecule has 2 aromatic heterocycles. The molecule has 0 aliphatic carbocycles. The molecule has 0 spiro atoms. The van der Waals surface area contributed by atoms with Gasteiger partial charge in [-0.1, -0.05) is 17.7 Å². The first-order chi connectivity index (χ1) is 10.1. The van der Waals surface area contributed by atoms with Crippen molar-refractivity contribution in [1.29, 1.82) is 0 Å². The highest BCUT2D eigenvalue weighted by Crippen LogP contribution is 2.29. The zero-order valence-electron chi connectivity index (χ0n) is 12.4. The summed E-state index contributed by atoms with van der Waals surface area (Å²) in [4.78, 5) is 13.2. The molecule has 0 fully saturated rings. The lowest BCUT2D eigenvalue weighted by Crippen LogP contribution is -2.01. The fraction of sp³-hybridized carbons (Fsp3) is 0.312. The van der Waals surface area contributed by atoms with Gasteiger partial charge in [-0.15, -0.1) is 0 Å². The topological polar surface area (TPSA) is 63.8 Å². The molecule has 0 atom stereocenters. The molecule has 108 valence electrons. The number of fused-ring (bicyclic) bond motifs is 1. The summed E-state index contributed by atoms with van der Waals surface area (Å²) in [6.45, 7) is 6.19. The molecule has 3 aromatic rings. The Labute approximate surface area is 123 Å². The number of aliphatic hydroxyl groups is 1. The summed E-state index contributed by atoms with van der Waals surface area (Å²) in [5.74, 6) is 0. The highest BCUT2D eigenvalue weighted by atomic mass is 16.3. The molecule has 1 N–H and O–H groups in total. The van der Waals surface area contributed by atoms with E-state index in [0.717, 1.165) is 33.5 Å². The Bertz CT molecular complexity index is 792. The van der Waals surface area contributed by atoms with Crippen LogP contribution in [0.3, 0.4) is 0 Å². The zero-order valence-corrected chi connectivity index (χ0v) is 12.4. The normalized spacial score (nSPS) is 11.5. The number of imidazole rings is 1. The SMILES string of the molecule is Cc1ccc(CO)c(-c2ncnc3c2ncn3C(C)C)c1. The van der Waals surface area contributed by atoms with Crippen molar-refractivity contribution in [1.82, 2.24) is 19.5 Å². The van der Waals surface area contributed by atoms with Crippen LogP contribution in [-0.2, 0) is 6.61 Å². The summed E-state index contributed by atoms with van der Waals surface area (Å²) >= 11 is 0. The van der Waals surface area contributed by atoms with Gasteiger partial charge in [-0.25, -0.2) is 15.0 Å². The molecule has 1 aromatic carbocycles. The standard InChI is InChI=1S/C16H18N4O/c1-10(2)20-9-19-15-14(17-8-18-16(15)20)13-6-11(3)4-5-12(13)7-21/h4-6,8-10,21H,7H2,1-3H3. The van der Waals surface area contributed by atoms with E-state index in [9.17, 15) is 5.11 Å². The number of aliphatic hydroxyl groups excluding tert-OH is 1. The third kappa shape index (κ3) is 2.29. The summed E-state index contributed by atoms with van der Waals surface area (Å²) < 4.78 is 2.02. The van der Waals surface area contributed by atoms with E-state index in [0.29, 0.717) is 0 Å². The van der Waals surface area contributed by atoms with E-state index in [1.54, 1.807) is 12.7 Å². The number of nitrogens with zero attached hydrogens (tertiary/aromatic N) is 4. The summed E-state index contributed by atoms with van der Waals surface area (Å²) in [7, 11) is 0. The van der Waals surface area contributed by atoms with E-state index in [-0.39, 0.29) is 12.6 Å². The average molecular weight is 282 g/mol. The van der Waals surface area contributed by atoms with Gasteiger partial charge in [0.05, 0.1) is 12.9 Å². The highest BCUT2D eigenvalue weighted by molar-refractivity contribution is 5.88. The lowest BCUT2D eigenvalue weighted by molar-refractivity contribution is 0.282. The number of benzene rings is 1. The van der Waals surface area contributed by atoms with Crippen molar-refractivity contribution in [3.8, 4) is 11.3 Å². The molecule has 0 radical (unpaired) electrons. The lowest BCUT2D eigenvalue weighted by Gasteiger charge is -2.10. The second-order valence-corrected chi connectivity index (χ2v) is 5.46. The van der Waals surface area contributed by atoms with Crippen LogP contribution in [-0.4, -0.2) is 24.6 Å². The predicted molar refractivity (Wildman–Crippen MR) is 81.8 cm³/mol. The molecule has 2 heterocycles.